The molecule has 0 aliphatic carbocycles. The predicted octanol–water partition coefficient (Wildman–Crippen LogP) is 2.96. The molecule has 0 N–H and O–H groups in total. The summed E-state index contributed by atoms with van der Waals surface area (Å²) < 4.78 is 5.23. The average Bonchev–Trinajstić information content (AvgIpc) is 2.78. The number of nitrogens with zero attached hydrogens (tertiary/aromatic N) is 2. The number of rotatable bonds is 4. The number of likely N-dealkylation sites (N-methyl/N-ethyl adjacent to an activating group) is 1. The van der Waals surface area contributed by atoms with Crippen LogP contribution in [0.2, 0.25) is 0 Å². The molecule has 0 bridgehead atoms. The molecule has 1 aliphatic rings. The highest BCUT2D eigenvalue weighted by Crippen LogP contribution is 2.32. The molecular formula is C20H24N2O3. The van der Waals surface area contributed by atoms with E-state index in [1.54, 1.807) is 6.92 Å². The lowest BCUT2D eigenvalue weighted by Gasteiger charge is -2.19. The summed E-state index contributed by atoms with van der Waals surface area (Å²) in [6, 6.07) is 7.71. The first-order valence-electron chi connectivity index (χ1n) is 8.90. The number of pyridine rings is 1. The Morgan fingerprint density at radius 3 is 2.80 bits per heavy atom. The van der Waals surface area contributed by atoms with Crippen LogP contribution in [0, 0.1) is 0 Å². The van der Waals surface area contributed by atoms with Crippen LogP contribution < -0.4 is 0 Å². The minimum Gasteiger partial charge on any atom is -0.466 e. The Hall–Kier alpha value is -2.27. The first-order valence-corrected chi connectivity index (χ1v) is 8.90. The fourth-order valence-corrected chi connectivity index (χ4v) is 3.51. The molecule has 0 saturated heterocycles. The van der Waals surface area contributed by atoms with Gasteiger partial charge in [0.2, 0.25) is 0 Å². The maximum atomic E-state index is 13.0. The van der Waals surface area contributed by atoms with E-state index in [0.29, 0.717) is 25.1 Å². The summed E-state index contributed by atoms with van der Waals surface area (Å²) in [6.07, 6.45) is 0.711. The Morgan fingerprint density at radius 2 is 2.08 bits per heavy atom. The number of ketones is 1. The first kappa shape index (κ1) is 17.5. The van der Waals surface area contributed by atoms with Crippen molar-refractivity contribution < 1.29 is 14.3 Å². The molecule has 0 saturated carbocycles. The van der Waals surface area contributed by atoms with E-state index in [0.717, 1.165) is 35.2 Å². The molecule has 0 fully saturated rings. The minimum absolute atomic E-state index is 0.0405. The standard InChI is InChI=1S/C20H24N2O3/c1-4-22-11-10-16-19(17(23)12-22)18(13(3)20(24)25-5-2)14-8-6-7-9-15(14)21-16/h6-9,13H,4-5,10-12H2,1-3H3. The van der Waals surface area contributed by atoms with Crippen LogP contribution in [0.4, 0.5) is 0 Å². The molecule has 1 unspecified atom stereocenters. The van der Waals surface area contributed by atoms with E-state index in [1.807, 2.05) is 31.2 Å². The number of hydrogen-bond acceptors (Lipinski definition) is 5. The van der Waals surface area contributed by atoms with Gasteiger partial charge >= 0.3 is 5.97 Å². The molecule has 0 spiro atoms. The number of esters is 1. The first-order chi connectivity index (χ1) is 12.1. The van der Waals surface area contributed by atoms with Gasteiger partial charge in [0.1, 0.15) is 0 Å². The zero-order valence-corrected chi connectivity index (χ0v) is 15.0. The SMILES string of the molecule is CCOC(=O)C(C)c1c2c(nc3ccccc13)CCN(CC)CC2=O. The maximum Gasteiger partial charge on any atom is 0.313 e. The number of Topliss-reactive ketones (excluding diaryl/α,β-unsaturated/α-hetero) is 1. The van der Waals surface area contributed by atoms with Gasteiger partial charge in [0.15, 0.2) is 5.78 Å². The van der Waals surface area contributed by atoms with E-state index in [4.69, 9.17) is 9.72 Å². The molecule has 1 aromatic heterocycles. The molecule has 0 amide bonds. The van der Waals surface area contributed by atoms with Gasteiger partial charge in [-0.1, -0.05) is 25.1 Å². The smallest absolute Gasteiger partial charge is 0.313 e. The Balaban J connectivity index is 2.23. The van der Waals surface area contributed by atoms with Gasteiger partial charge in [-0.25, -0.2) is 0 Å². The van der Waals surface area contributed by atoms with Crippen LogP contribution in [0.3, 0.4) is 0 Å². The summed E-state index contributed by atoms with van der Waals surface area (Å²) in [5, 5.41) is 0.861. The van der Waals surface area contributed by atoms with E-state index < -0.39 is 5.92 Å². The third kappa shape index (κ3) is 3.29. The number of para-hydroxylation sites is 1. The van der Waals surface area contributed by atoms with Crippen molar-refractivity contribution in [2.45, 2.75) is 33.1 Å². The second-order valence-electron chi connectivity index (χ2n) is 6.38. The highest BCUT2D eigenvalue weighted by Gasteiger charge is 2.30. The maximum absolute atomic E-state index is 13.0. The summed E-state index contributed by atoms with van der Waals surface area (Å²) in [5.41, 5.74) is 3.01. The van der Waals surface area contributed by atoms with Gasteiger partial charge in [0.25, 0.3) is 0 Å². The fraction of sp³-hybridized carbons (Fsp3) is 0.450. The number of carbonyl (C=O) groups is 2. The normalized spacial score (nSPS) is 16.4. The van der Waals surface area contributed by atoms with Crippen molar-refractivity contribution in [2.24, 2.45) is 0 Å². The molecule has 25 heavy (non-hydrogen) atoms. The van der Waals surface area contributed by atoms with Crippen molar-refractivity contribution in [1.29, 1.82) is 0 Å². The summed E-state index contributed by atoms with van der Waals surface area (Å²) in [5.74, 6) is -0.761. The van der Waals surface area contributed by atoms with Crippen LogP contribution in [0.25, 0.3) is 10.9 Å². The summed E-state index contributed by atoms with van der Waals surface area (Å²) in [4.78, 5) is 32.3. The third-order valence-corrected chi connectivity index (χ3v) is 4.84. The van der Waals surface area contributed by atoms with E-state index in [2.05, 4.69) is 11.8 Å². The second-order valence-corrected chi connectivity index (χ2v) is 6.38. The minimum atomic E-state index is -0.501. The number of benzene rings is 1. The summed E-state index contributed by atoms with van der Waals surface area (Å²) >= 11 is 0. The molecule has 5 nitrogen and oxygen atoms in total. The van der Waals surface area contributed by atoms with Gasteiger partial charge in [-0.2, -0.15) is 0 Å². The lowest BCUT2D eigenvalue weighted by Crippen LogP contribution is -2.29. The molecule has 1 aromatic carbocycles. The Kier molecular flexibility index (Phi) is 5.13. The van der Waals surface area contributed by atoms with Crippen LogP contribution in [-0.4, -0.2) is 47.9 Å². The van der Waals surface area contributed by atoms with Crippen LogP contribution >= 0.6 is 0 Å². The monoisotopic (exact) mass is 340 g/mol. The Bertz CT molecular complexity index is 816. The van der Waals surface area contributed by atoms with Crippen LogP contribution in [0.1, 0.15) is 48.3 Å². The van der Waals surface area contributed by atoms with Gasteiger partial charge < -0.3 is 4.74 Å². The lowest BCUT2D eigenvalue weighted by atomic mass is 9.88. The molecule has 1 atom stereocenters. The van der Waals surface area contributed by atoms with Gasteiger partial charge in [0.05, 0.1) is 30.3 Å². The highest BCUT2D eigenvalue weighted by molar-refractivity contribution is 6.06. The van der Waals surface area contributed by atoms with Gasteiger partial charge in [-0.3, -0.25) is 19.5 Å². The zero-order chi connectivity index (χ0) is 18.0. The molecule has 1 aliphatic heterocycles. The van der Waals surface area contributed by atoms with Crippen molar-refractivity contribution in [2.75, 3.05) is 26.2 Å². The molecule has 2 aromatic rings. The number of fused-ring (bicyclic) bond motifs is 2. The number of hydrogen-bond donors (Lipinski definition) is 0. The molecule has 5 heteroatoms. The molecule has 3 rings (SSSR count). The van der Waals surface area contributed by atoms with Crippen LogP contribution in [0.5, 0.6) is 0 Å². The predicted molar refractivity (Wildman–Crippen MR) is 96.9 cm³/mol. The van der Waals surface area contributed by atoms with Gasteiger partial charge in [0, 0.05) is 23.9 Å². The van der Waals surface area contributed by atoms with Crippen LogP contribution in [0.15, 0.2) is 24.3 Å². The second kappa shape index (κ2) is 7.31. The number of ether oxygens (including phenoxy) is 1. The van der Waals surface area contributed by atoms with Crippen molar-refractivity contribution >= 4 is 22.7 Å². The fourth-order valence-electron chi connectivity index (χ4n) is 3.51. The third-order valence-electron chi connectivity index (χ3n) is 4.84. The van der Waals surface area contributed by atoms with Crippen LogP contribution in [-0.2, 0) is 16.0 Å². The quantitative estimate of drug-likeness (QED) is 0.801. The average molecular weight is 340 g/mol. The Labute approximate surface area is 148 Å². The van der Waals surface area contributed by atoms with E-state index in [1.165, 1.54) is 0 Å². The number of aromatic nitrogens is 1. The number of carbonyl (C=O) groups excluding carboxylic acids is 2. The molecule has 132 valence electrons. The van der Waals surface area contributed by atoms with Crippen molar-refractivity contribution in [1.82, 2.24) is 9.88 Å². The molecular weight excluding hydrogens is 316 g/mol. The van der Waals surface area contributed by atoms with Crippen molar-refractivity contribution in [3.8, 4) is 0 Å². The van der Waals surface area contributed by atoms with E-state index in [-0.39, 0.29) is 11.8 Å². The van der Waals surface area contributed by atoms with Crippen molar-refractivity contribution in [3.05, 3.63) is 41.1 Å². The van der Waals surface area contributed by atoms with Crippen molar-refractivity contribution in [3.63, 3.8) is 0 Å². The Morgan fingerprint density at radius 1 is 1.32 bits per heavy atom. The molecule has 0 radical (unpaired) electrons. The van der Waals surface area contributed by atoms with E-state index >= 15 is 0 Å². The lowest BCUT2D eigenvalue weighted by molar-refractivity contribution is -0.144. The topological polar surface area (TPSA) is 59.5 Å². The molecule has 2 heterocycles. The van der Waals surface area contributed by atoms with E-state index in [9.17, 15) is 9.59 Å². The van der Waals surface area contributed by atoms with Gasteiger partial charge in [-0.15, -0.1) is 0 Å². The largest absolute Gasteiger partial charge is 0.466 e. The summed E-state index contributed by atoms with van der Waals surface area (Å²) in [7, 11) is 0. The summed E-state index contributed by atoms with van der Waals surface area (Å²) in [6.45, 7) is 7.97. The zero-order valence-electron chi connectivity index (χ0n) is 15.0. The van der Waals surface area contributed by atoms with Gasteiger partial charge in [-0.05, 0) is 32.0 Å². The highest BCUT2D eigenvalue weighted by atomic mass is 16.5.